The van der Waals surface area contributed by atoms with E-state index in [1.54, 1.807) is 0 Å². The molecule has 0 aliphatic rings. The number of hydrogen-bond donors (Lipinski definition) is 0. The lowest BCUT2D eigenvalue weighted by molar-refractivity contribution is 0.108. The molecule has 0 aliphatic heterocycles. The molecule has 0 bridgehead atoms. The zero-order valence-corrected chi connectivity index (χ0v) is 7.93. The van der Waals surface area contributed by atoms with Crippen molar-refractivity contribution in [3.05, 3.63) is 18.1 Å². The van der Waals surface area contributed by atoms with Gasteiger partial charge in [-0.3, -0.25) is 0 Å². The molecule has 0 unspecified atom stereocenters. The standard InChI is InChI=1S/C9H11N3O2/c1-2-13-3-4-14-9-7-11-8(5-10)6-12-9/h6-7H,2-4H2,1H3. The fraction of sp³-hybridized carbons (Fsp3) is 0.444. The summed E-state index contributed by atoms with van der Waals surface area (Å²) < 4.78 is 10.3. The van der Waals surface area contributed by atoms with Crippen LogP contribution in [0, 0.1) is 11.3 Å². The van der Waals surface area contributed by atoms with Crippen molar-refractivity contribution in [2.45, 2.75) is 6.92 Å². The summed E-state index contributed by atoms with van der Waals surface area (Å²) in [5.74, 6) is 0.406. The molecule has 0 N–H and O–H groups in total. The van der Waals surface area contributed by atoms with Crippen LogP contribution in [0.4, 0.5) is 0 Å². The molecule has 0 spiro atoms. The Morgan fingerprint density at radius 1 is 1.36 bits per heavy atom. The van der Waals surface area contributed by atoms with Gasteiger partial charge >= 0.3 is 0 Å². The Morgan fingerprint density at radius 3 is 2.79 bits per heavy atom. The van der Waals surface area contributed by atoms with E-state index in [1.807, 2.05) is 13.0 Å². The van der Waals surface area contributed by atoms with Gasteiger partial charge in [0.05, 0.1) is 19.0 Å². The van der Waals surface area contributed by atoms with E-state index >= 15 is 0 Å². The summed E-state index contributed by atoms with van der Waals surface area (Å²) in [4.78, 5) is 7.69. The number of aromatic nitrogens is 2. The molecule has 0 amide bonds. The lowest BCUT2D eigenvalue weighted by Crippen LogP contribution is -2.07. The van der Waals surface area contributed by atoms with E-state index in [4.69, 9.17) is 14.7 Å². The normalized spacial score (nSPS) is 9.43. The molecule has 1 rings (SSSR count). The second-order valence-electron chi connectivity index (χ2n) is 2.40. The third kappa shape index (κ3) is 3.37. The van der Waals surface area contributed by atoms with E-state index in [9.17, 15) is 0 Å². The van der Waals surface area contributed by atoms with E-state index in [0.717, 1.165) is 0 Å². The van der Waals surface area contributed by atoms with Crippen molar-refractivity contribution in [1.29, 1.82) is 5.26 Å². The second-order valence-corrected chi connectivity index (χ2v) is 2.40. The van der Waals surface area contributed by atoms with Crippen molar-refractivity contribution < 1.29 is 9.47 Å². The maximum Gasteiger partial charge on any atom is 0.232 e. The highest BCUT2D eigenvalue weighted by atomic mass is 16.5. The third-order valence-corrected chi connectivity index (χ3v) is 1.42. The molecule has 74 valence electrons. The van der Waals surface area contributed by atoms with E-state index in [2.05, 4.69) is 9.97 Å². The molecule has 0 saturated heterocycles. The molecule has 1 heterocycles. The van der Waals surface area contributed by atoms with E-state index < -0.39 is 0 Å². The molecule has 0 aromatic carbocycles. The summed E-state index contributed by atoms with van der Waals surface area (Å²) in [6, 6.07) is 1.88. The summed E-state index contributed by atoms with van der Waals surface area (Å²) in [6.45, 7) is 3.55. The molecule has 14 heavy (non-hydrogen) atoms. The van der Waals surface area contributed by atoms with Crippen LogP contribution in [0.15, 0.2) is 12.4 Å². The molecule has 5 heteroatoms. The maximum absolute atomic E-state index is 8.46. The molecule has 0 radical (unpaired) electrons. The van der Waals surface area contributed by atoms with Gasteiger partial charge in [-0.05, 0) is 6.92 Å². The number of hydrogen-bond acceptors (Lipinski definition) is 5. The van der Waals surface area contributed by atoms with Gasteiger partial charge < -0.3 is 9.47 Å². The Hall–Kier alpha value is -1.67. The van der Waals surface area contributed by atoms with E-state index in [0.29, 0.717) is 25.7 Å². The minimum absolute atomic E-state index is 0.280. The van der Waals surface area contributed by atoms with Gasteiger partial charge in [0, 0.05) is 6.61 Å². The quantitative estimate of drug-likeness (QED) is 0.646. The van der Waals surface area contributed by atoms with Crippen LogP contribution in [0.5, 0.6) is 5.88 Å². The maximum atomic E-state index is 8.46. The molecule has 0 aliphatic carbocycles. The van der Waals surface area contributed by atoms with Gasteiger partial charge in [-0.2, -0.15) is 5.26 Å². The Bertz CT molecular complexity index is 305. The highest BCUT2D eigenvalue weighted by Crippen LogP contribution is 2.02. The van der Waals surface area contributed by atoms with Crippen LogP contribution >= 0.6 is 0 Å². The predicted octanol–water partition coefficient (Wildman–Crippen LogP) is 0.764. The Balaban J connectivity index is 2.33. The van der Waals surface area contributed by atoms with Crippen LogP contribution in [-0.2, 0) is 4.74 Å². The number of ether oxygens (including phenoxy) is 2. The van der Waals surface area contributed by atoms with Crippen molar-refractivity contribution in [2.24, 2.45) is 0 Å². The Labute approximate surface area is 82.3 Å². The molecule has 0 fully saturated rings. The first-order valence-corrected chi connectivity index (χ1v) is 4.29. The SMILES string of the molecule is CCOCCOc1cnc(C#N)cn1. The van der Waals surface area contributed by atoms with Crippen LogP contribution < -0.4 is 4.74 Å². The van der Waals surface area contributed by atoms with Crippen molar-refractivity contribution in [3.8, 4) is 11.9 Å². The fourth-order valence-electron chi connectivity index (χ4n) is 0.798. The lowest BCUT2D eigenvalue weighted by atomic mass is 10.5. The molecule has 0 atom stereocenters. The third-order valence-electron chi connectivity index (χ3n) is 1.42. The smallest absolute Gasteiger partial charge is 0.232 e. The van der Waals surface area contributed by atoms with E-state index in [1.165, 1.54) is 12.4 Å². The minimum Gasteiger partial charge on any atom is -0.474 e. The van der Waals surface area contributed by atoms with Gasteiger partial charge in [0.15, 0.2) is 5.69 Å². The summed E-state index contributed by atoms with van der Waals surface area (Å²) in [5.41, 5.74) is 0.280. The number of rotatable bonds is 5. The Kier molecular flexibility index (Phi) is 4.38. The van der Waals surface area contributed by atoms with Gasteiger partial charge in [0.1, 0.15) is 12.7 Å². The Morgan fingerprint density at radius 2 is 2.21 bits per heavy atom. The van der Waals surface area contributed by atoms with Crippen LogP contribution in [-0.4, -0.2) is 29.8 Å². The molecular formula is C9H11N3O2. The number of nitriles is 1. The van der Waals surface area contributed by atoms with Crippen molar-refractivity contribution in [1.82, 2.24) is 9.97 Å². The van der Waals surface area contributed by atoms with Crippen molar-refractivity contribution in [2.75, 3.05) is 19.8 Å². The van der Waals surface area contributed by atoms with Gasteiger partial charge in [-0.25, -0.2) is 9.97 Å². The second kappa shape index (κ2) is 5.89. The summed E-state index contributed by atoms with van der Waals surface area (Å²) in [6.07, 6.45) is 2.79. The van der Waals surface area contributed by atoms with Gasteiger partial charge in [-0.15, -0.1) is 0 Å². The van der Waals surface area contributed by atoms with E-state index in [-0.39, 0.29) is 5.69 Å². The van der Waals surface area contributed by atoms with Gasteiger partial charge in [0.25, 0.3) is 0 Å². The fourth-order valence-corrected chi connectivity index (χ4v) is 0.798. The van der Waals surface area contributed by atoms with Gasteiger partial charge in [0.2, 0.25) is 5.88 Å². The first-order valence-electron chi connectivity index (χ1n) is 4.29. The lowest BCUT2D eigenvalue weighted by Gasteiger charge is -2.03. The summed E-state index contributed by atoms with van der Waals surface area (Å²) in [5, 5.41) is 8.46. The van der Waals surface area contributed by atoms with Crippen LogP contribution in [0.1, 0.15) is 12.6 Å². The first-order chi connectivity index (χ1) is 6.86. The zero-order chi connectivity index (χ0) is 10.2. The van der Waals surface area contributed by atoms with Crippen LogP contribution in [0.3, 0.4) is 0 Å². The topological polar surface area (TPSA) is 68.0 Å². The highest BCUT2D eigenvalue weighted by molar-refractivity contribution is 5.18. The average molecular weight is 193 g/mol. The van der Waals surface area contributed by atoms with Crippen LogP contribution in [0.2, 0.25) is 0 Å². The first kappa shape index (κ1) is 10.4. The minimum atomic E-state index is 0.280. The van der Waals surface area contributed by atoms with Crippen molar-refractivity contribution >= 4 is 0 Å². The molecule has 0 saturated carbocycles. The highest BCUT2D eigenvalue weighted by Gasteiger charge is 1.96. The molecule has 1 aromatic rings. The zero-order valence-electron chi connectivity index (χ0n) is 7.93. The van der Waals surface area contributed by atoms with Gasteiger partial charge in [-0.1, -0.05) is 0 Å². The number of nitrogens with zero attached hydrogens (tertiary/aromatic N) is 3. The molecule has 1 aromatic heterocycles. The summed E-state index contributed by atoms with van der Waals surface area (Å²) in [7, 11) is 0. The molecule has 5 nitrogen and oxygen atoms in total. The average Bonchev–Trinajstić information content (AvgIpc) is 2.25. The van der Waals surface area contributed by atoms with Crippen LogP contribution in [0.25, 0.3) is 0 Å². The predicted molar refractivity (Wildman–Crippen MR) is 48.7 cm³/mol. The van der Waals surface area contributed by atoms with Crippen molar-refractivity contribution in [3.63, 3.8) is 0 Å². The monoisotopic (exact) mass is 193 g/mol. The molecular weight excluding hydrogens is 182 g/mol. The summed E-state index contributed by atoms with van der Waals surface area (Å²) >= 11 is 0. The largest absolute Gasteiger partial charge is 0.474 e.